The highest BCUT2D eigenvalue weighted by Gasteiger charge is 2.46. The number of aliphatic hydroxyl groups is 1. The summed E-state index contributed by atoms with van der Waals surface area (Å²) >= 11 is 0. The van der Waals surface area contributed by atoms with Crippen LogP contribution in [0.2, 0.25) is 0 Å². The molecule has 0 spiro atoms. The molecule has 1 atom stereocenters. The Morgan fingerprint density at radius 1 is 1.19 bits per heavy atom. The van der Waals surface area contributed by atoms with Gasteiger partial charge in [0.25, 0.3) is 5.91 Å². The van der Waals surface area contributed by atoms with Crippen LogP contribution in [0.25, 0.3) is 0 Å². The molecule has 0 aliphatic carbocycles. The summed E-state index contributed by atoms with van der Waals surface area (Å²) in [4.78, 5) is 24.4. The van der Waals surface area contributed by atoms with Gasteiger partial charge in [0, 0.05) is 22.5 Å². The van der Waals surface area contributed by atoms with Gasteiger partial charge in [0.05, 0.1) is 6.42 Å². The molecule has 0 bridgehead atoms. The number of hydrogen-bond donors (Lipinski definition) is 3. The van der Waals surface area contributed by atoms with Crippen LogP contribution in [-0.4, -0.2) is 16.8 Å². The van der Waals surface area contributed by atoms with Crippen molar-refractivity contribution in [3.63, 3.8) is 0 Å². The summed E-state index contributed by atoms with van der Waals surface area (Å²) < 4.78 is 0. The SMILES string of the molecule is Nc1cccc(C(=O)CC2(O)C(=O)Nc3ccccc32)c1. The van der Waals surface area contributed by atoms with Gasteiger partial charge in [-0.2, -0.15) is 0 Å². The first-order chi connectivity index (χ1) is 10.0. The molecule has 4 N–H and O–H groups in total. The Bertz CT molecular complexity index is 742. The molecular formula is C16H14N2O3. The van der Waals surface area contributed by atoms with Crippen molar-refractivity contribution in [3.8, 4) is 0 Å². The fourth-order valence-electron chi connectivity index (χ4n) is 2.52. The van der Waals surface area contributed by atoms with E-state index in [0.29, 0.717) is 22.5 Å². The zero-order valence-electron chi connectivity index (χ0n) is 11.2. The maximum atomic E-state index is 12.3. The highest BCUT2D eigenvalue weighted by atomic mass is 16.3. The normalized spacial score (nSPS) is 20.0. The number of hydrogen-bond acceptors (Lipinski definition) is 4. The minimum atomic E-state index is -1.84. The largest absolute Gasteiger partial charge is 0.399 e. The minimum absolute atomic E-state index is 0.320. The second-order valence-corrected chi connectivity index (χ2v) is 5.09. The Labute approximate surface area is 121 Å². The summed E-state index contributed by atoms with van der Waals surface area (Å²) in [6, 6.07) is 13.3. The molecule has 0 aromatic heterocycles. The molecule has 1 amide bonds. The maximum Gasteiger partial charge on any atom is 0.261 e. The van der Waals surface area contributed by atoms with Gasteiger partial charge < -0.3 is 16.2 Å². The quantitative estimate of drug-likeness (QED) is 0.590. The van der Waals surface area contributed by atoms with Gasteiger partial charge in [-0.1, -0.05) is 30.3 Å². The van der Waals surface area contributed by atoms with Gasteiger partial charge in [0.1, 0.15) is 0 Å². The van der Waals surface area contributed by atoms with Crippen molar-refractivity contribution in [2.75, 3.05) is 11.1 Å². The van der Waals surface area contributed by atoms with Crippen LogP contribution >= 0.6 is 0 Å². The number of fused-ring (bicyclic) bond motifs is 1. The highest BCUT2D eigenvalue weighted by Crippen LogP contribution is 2.38. The summed E-state index contributed by atoms with van der Waals surface area (Å²) in [5.41, 5.74) is 5.61. The third kappa shape index (κ3) is 2.17. The Balaban J connectivity index is 1.94. The van der Waals surface area contributed by atoms with Crippen molar-refractivity contribution in [3.05, 3.63) is 59.7 Å². The van der Waals surface area contributed by atoms with E-state index in [2.05, 4.69) is 5.32 Å². The summed E-state index contributed by atoms with van der Waals surface area (Å²) in [5, 5.41) is 13.2. The topological polar surface area (TPSA) is 92.4 Å². The van der Waals surface area contributed by atoms with E-state index in [1.54, 1.807) is 42.5 Å². The fraction of sp³-hybridized carbons (Fsp3) is 0.125. The summed E-state index contributed by atoms with van der Waals surface area (Å²) in [6.45, 7) is 0. The average molecular weight is 282 g/mol. The highest BCUT2D eigenvalue weighted by molar-refractivity contribution is 6.09. The van der Waals surface area contributed by atoms with Crippen LogP contribution in [0, 0.1) is 0 Å². The number of nitrogen functional groups attached to an aromatic ring is 1. The molecular weight excluding hydrogens is 268 g/mol. The van der Waals surface area contributed by atoms with Gasteiger partial charge in [-0.3, -0.25) is 9.59 Å². The molecule has 1 unspecified atom stereocenters. The van der Waals surface area contributed by atoms with Crippen LogP contribution in [0.15, 0.2) is 48.5 Å². The van der Waals surface area contributed by atoms with Crippen molar-refractivity contribution in [2.24, 2.45) is 0 Å². The Hall–Kier alpha value is -2.66. The fourth-order valence-corrected chi connectivity index (χ4v) is 2.52. The lowest BCUT2D eigenvalue weighted by atomic mass is 9.88. The zero-order valence-corrected chi connectivity index (χ0v) is 11.2. The summed E-state index contributed by atoms with van der Waals surface area (Å²) in [5.74, 6) is -0.919. The number of benzene rings is 2. The number of para-hydroxylation sites is 1. The molecule has 1 aliphatic rings. The smallest absolute Gasteiger partial charge is 0.261 e. The molecule has 0 fully saturated rings. The van der Waals surface area contributed by atoms with E-state index >= 15 is 0 Å². The standard InChI is InChI=1S/C16H14N2O3/c17-11-5-3-4-10(8-11)14(19)9-16(21)12-6-1-2-7-13(12)18-15(16)20/h1-8,21H,9,17H2,(H,18,20). The van der Waals surface area contributed by atoms with E-state index in [1.807, 2.05) is 0 Å². The lowest BCUT2D eigenvalue weighted by molar-refractivity contribution is -0.133. The lowest BCUT2D eigenvalue weighted by Crippen LogP contribution is -2.36. The first-order valence-corrected chi connectivity index (χ1v) is 6.53. The number of carbonyl (C=O) groups excluding carboxylic acids is 2. The second kappa shape index (κ2) is 4.71. The third-order valence-corrected chi connectivity index (χ3v) is 3.62. The van der Waals surface area contributed by atoms with Crippen LogP contribution in [-0.2, 0) is 10.4 Å². The molecule has 106 valence electrons. The number of carbonyl (C=O) groups is 2. The first kappa shape index (κ1) is 13.3. The second-order valence-electron chi connectivity index (χ2n) is 5.09. The zero-order chi connectivity index (χ0) is 15.0. The van der Waals surface area contributed by atoms with Gasteiger partial charge in [-0.25, -0.2) is 0 Å². The maximum absolute atomic E-state index is 12.3. The predicted octanol–water partition coefficient (Wildman–Crippen LogP) is 1.68. The van der Waals surface area contributed by atoms with E-state index in [0.717, 1.165) is 0 Å². The molecule has 5 nitrogen and oxygen atoms in total. The minimum Gasteiger partial charge on any atom is -0.399 e. The van der Waals surface area contributed by atoms with Crippen molar-refractivity contribution in [1.29, 1.82) is 0 Å². The molecule has 0 saturated heterocycles. The molecule has 1 aliphatic heterocycles. The number of nitrogens with two attached hydrogens (primary N) is 1. The van der Waals surface area contributed by atoms with Gasteiger partial charge in [-0.05, 0) is 18.2 Å². The van der Waals surface area contributed by atoms with Gasteiger partial charge in [0.15, 0.2) is 11.4 Å². The molecule has 0 radical (unpaired) electrons. The van der Waals surface area contributed by atoms with E-state index in [1.165, 1.54) is 6.07 Å². The van der Waals surface area contributed by atoms with Crippen molar-refractivity contribution in [1.82, 2.24) is 0 Å². The predicted molar refractivity (Wildman–Crippen MR) is 78.8 cm³/mol. The lowest BCUT2D eigenvalue weighted by Gasteiger charge is -2.20. The Morgan fingerprint density at radius 3 is 2.71 bits per heavy atom. The van der Waals surface area contributed by atoms with Crippen molar-refractivity contribution < 1.29 is 14.7 Å². The third-order valence-electron chi connectivity index (χ3n) is 3.62. The number of Topliss-reactive ketones (excluding diaryl/α,β-unsaturated/α-hetero) is 1. The van der Waals surface area contributed by atoms with Crippen LogP contribution in [0.1, 0.15) is 22.3 Å². The number of ketones is 1. The average Bonchev–Trinajstić information content (AvgIpc) is 2.71. The van der Waals surface area contributed by atoms with E-state index in [-0.39, 0.29) is 12.2 Å². The first-order valence-electron chi connectivity index (χ1n) is 6.53. The van der Waals surface area contributed by atoms with Crippen LogP contribution < -0.4 is 11.1 Å². The van der Waals surface area contributed by atoms with E-state index in [9.17, 15) is 14.7 Å². The molecule has 3 rings (SSSR count). The van der Waals surface area contributed by atoms with Crippen LogP contribution in [0.3, 0.4) is 0 Å². The van der Waals surface area contributed by atoms with Crippen molar-refractivity contribution >= 4 is 23.1 Å². The molecule has 5 heteroatoms. The molecule has 21 heavy (non-hydrogen) atoms. The van der Waals surface area contributed by atoms with E-state index in [4.69, 9.17) is 5.73 Å². The van der Waals surface area contributed by atoms with Crippen LogP contribution in [0.4, 0.5) is 11.4 Å². The number of amides is 1. The molecule has 0 saturated carbocycles. The monoisotopic (exact) mass is 282 g/mol. The molecule has 1 heterocycles. The number of rotatable bonds is 3. The summed E-state index contributed by atoms with van der Waals surface area (Å²) in [6.07, 6.45) is -0.320. The van der Waals surface area contributed by atoms with Gasteiger partial charge >= 0.3 is 0 Å². The Morgan fingerprint density at radius 2 is 1.95 bits per heavy atom. The van der Waals surface area contributed by atoms with Gasteiger partial charge in [0.2, 0.25) is 0 Å². The van der Waals surface area contributed by atoms with Crippen LogP contribution in [0.5, 0.6) is 0 Å². The molecule has 2 aromatic rings. The van der Waals surface area contributed by atoms with Crippen molar-refractivity contribution in [2.45, 2.75) is 12.0 Å². The summed E-state index contributed by atoms with van der Waals surface area (Å²) in [7, 11) is 0. The molecule has 2 aromatic carbocycles. The van der Waals surface area contributed by atoms with E-state index < -0.39 is 11.5 Å². The van der Waals surface area contributed by atoms with Gasteiger partial charge in [-0.15, -0.1) is 0 Å². The number of anilines is 2. The Kier molecular flexibility index (Phi) is 2.99. The number of nitrogens with one attached hydrogen (secondary N) is 1.